The van der Waals surface area contributed by atoms with Crippen molar-refractivity contribution in [1.82, 2.24) is 0 Å². The largest absolute Gasteiger partial charge is 0.469 e. The second kappa shape index (κ2) is 7.14. The van der Waals surface area contributed by atoms with Crippen LogP contribution in [0.5, 0.6) is 0 Å². The summed E-state index contributed by atoms with van der Waals surface area (Å²) in [6.45, 7) is 4.40. The normalized spacial score (nSPS) is 10.3. The standard InChI is InChI=1S/C10H20O2/c1-4-9(5-2)7-6-8-10(11)12-3/h9H,4-8H2,1-3H3. The maximum atomic E-state index is 10.7. The Hall–Kier alpha value is -0.530. The minimum Gasteiger partial charge on any atom is -0.469 e. The lowest BCUT2D eigenvalue weighted by atomic mass is 9.97. The van der Waals surface area contributed by atoms with E-state index in [0.29, 0.717) is 6.42 Å². The zero-order valence-corrected chi connectivity index (χ0v) is 8.43. The highest BCUT2D eigenvalue weighted by Gasteiger charge is 2.05. The summed E-state index contributed by atoms with van der Waals surface area (Å²) >= 11 is 0. The Morgan fingerprint density at radius 1 is 1.33 bits per heavy atom. The Labute approximate surface area is 75.3 Å². The predicted molar refractivity (Wildman–Crippen MR) is 49.9 cm³/mol. The molecule has 72 valence electrons. The fraction of sp³-hybridized carbons (Fsp3) is 0.900. The smallest absolute Gasteiger partial charge is 0.305 e. The number of carbonyl (C=O) groups is 1. The lowest BCUT2D eigenvalue weighted by Crippen LogP contribution is -2.02. The number of rotatable bonds is 6. The Morgan fingerprint density at radius 2 is 1.92 bits per heavy atom. The van der Waals surface area contributed by atoms with Gasteiger partial charge in [0.1, 0.15) is 0 Å². The quantitative estimate of drug-likeness (QED) is 0.576. The summed E-state index contributed by atoms with van der Waals surface area (Å²) in [4.78, 5) is 10.7. The maximum absolute atomic E-state index is 10.7. The summed E-state index contributed by atoms with van der Waals surface area (Å²) < 4.78 is 4.56. The molecule has 0 radical (unpaired) electrons. The van der Waals surface area contributed by atoms with Gasteiger partial charge in [0.05, 0.1) is 7.11 Å². The molecule has 0 saturated carbocycles. The van der Waals surface area contributed by atoms with E-state index in [2.05, 4.69) is 18.6 Å². The molecule has 0 unspecified atom stereocenters. The predicted octanol–water partition coefficient (Wildman–Crippen LogP) is 2.77. The maximum Gasteiger partial charge on any atom is 0.305 e. The van der Waals surface area contributed by atoms with E-state index in [1.54, 1.807) is 0 Å². The first kappa shape index (κ1) is 11.5. The summed E-state index contributed by atoms with van der Waals surface area (Å²) in [6, 6.07) is 0. The molecule has 0 fully saturated rings. The molecule has 0 aliphatic carbocycles. The fourth-order valence-electron chi connectivity index (χ4n) is 1.33. The Bertz CT molecular complexity index is 117. The van der Waals surface area contributed by atoms with Crippen molar-refractivity contribution in [1.29, 1.82) is 0 Å². The molecular weight excluding hydrogens is 152 g/mol. The van der Waals surface area contributed by atoms with Crippen LogP contribution in [-0.4, -0.2) is 13.1 Å². The first-order valence-electron chi connectivity index (χ1n) is 4.81. The molecule has 2 heteroatoms. The fourth-order valence-corrected chi connectivity index (χ4v) is 1.33. The van der Waals surface area contributed by atoms with Gasteiger partial charge in [-0.05, 0) is 18.8 Å². The third kappa shape index (κ3) is 5.16. The minimum absolute atomic E-state index is 0.0824. The first-order chi connectivity index (χ1) is 5.74. The van der Waals surface area contributed by atoms with E-state index in [-0.39, 0.29) is 5.97 Å². The van der Waals surface area contributed by atoms with Gasteiger partial charge >= 0.3 is 5.97 Å². The number of hydrogen-bond donors (Lipinski definition) is 0. The van der Waals surface area contributed by atoms with Crippen LogP contribution in [-0.2, 0) is 9.53 Å². The zero-order valence-electron chi connectivity index (χ0n) is 8.43. The van der Waals surface area contributed by atoms with Crippen molar-refractivity contribution in [2.45, 2.75) is 46.0 Å². The Balaban J connectivity index is 3.34. The van der Waals surface area contributed by atoms with Gasteiger partial charge in [-0.2, -0.15) is 0 Å². The van der Waals surface area contributed by atoms with Gasteiger partial charge in [-0.25, -0.2) is 0 Å². The van der Waals surface area contributed by atoms with E-state index in [1.165, 1.54) is 20.0 Å². The SMILES string of the molecule is CCC(CC)CCCC(=O)OC. The van der Waals surface area contributed by atoms with E-state index in [4.69, 9.17) is 0 Å². The van der Waals surface area contributed by atoms with Crippen LogP contribution in [0.3, 0.4) is 0 Å². The second-order valence-electron chi connectivity index (χ2n) is 3.15. The van der Waals surface area contributed by atoms with E-state index in [9.17, 15) is 4.79 Å². The average Bonchev–Trinajstić information content (AvgIpc) is 2.12. The third-order valence-electron chi connectivity index (χ3n) is 2.38. The van der Waals surface area contributed by atoms with Crippen molar-refractivity contribution in [2.75, 3.05) is 7.11 Å². The van der Waals surface area contributed by atoms with Gasteiger partial charge in [0.15, 0.2) is 0 Å². The Morgan fingerprint density at radius 3 is 2.33 bits per heavy atom. The monoisotopic (exact) mass is 172 g/mol. The van der Waals surface area contributed by atoms with Crippen molar-refractivity contribution < 1.29 is 9.53 Å². The highest BCUT2D eigenvalue weighted by molar-refractivity contribution is 5.68. The van der Waals surface area contributed by atoms with Crippen LogP contribution >= 0.6 is 0 Å². The number of methoxy groups -OCH3 is 1. The molecule has 0 amide bonds. The van der Waals surface area contributed by atoms with E-state index < -0.39 is 0 Å². The van der Waals surface area contributed by atoms with E-state index >= 15 is 0 Å². The molecule has 0 aliphatic heterocycles. The topological polar surface area (TPSA) is 26.3 Å². The van der Waals surface area contributed by atoms with Crippen LogP contribution in [0.15, 0.2) is 0 Å². The van der Waals surface area contributed by atoms with E-state index in [1.807, 2.05) is 0 Å². The lowest BCUT2D eigenvalue weighted by molar-refractivity contribution is -0.140. The summed E-state index contributed by atoms with van der Waals surface area (Å²) in [7, 11) is 1.44. The molecule has 0 heterocycles. The van der Waals surface area contributed by atoms with Crippen molar-refractivity contribution in [3.63, 3.8) is 0 Å². The van der Waals surface area contributed by atoms with Crippen molar-refractivity contribution in [2.24, 2.45) is 5.92 Å². The molecule has 12 heavy (non-hydrogen) atoms. The number of esters is 1. The van der Waals surface area contributed by atoms with Crippen LogP contribution in [0, 0.1) is 5.92 Å². The zero-order chi connectivity index (χ0) is 9.40. The highest BCUT2D eigenvalue weighted by Crippen LogP contribution is 2.15. The lowest BCUT2D eigenvalue weighted by Gasteiger charge is -2.10. The van der Waals surface area contributed by atoms with Crippen molar-refractivity contribution in [3.8, 4) is 0 Å². The molecule has 0 bridgehead atoms. The van der Waals surface area contributed by atoms with Crippen LogP contribution in [0.4, 0.5) is 0 Å². The van der Waals surface area contributed by atoms with Crippen LogP contribution in [0.25, 0.3) is 0 Å². The molecule has 0 aromatic rings. The van der Waals surface area contributed by atoms with Crippen LogP contribution in [0.1, 0.15) is 46.0 Å². The summed E-state index contributed by atoms with van der Waals surface area (Å²) in [5.41, 5.74) is 0. The van der Waals surface area contributed by atoms with Gasteiger partial charge < -0.3 is 4.74 Å². The van der Waals surface area contributed by atoms with Crippen molar-refractivity contribution in [3.05, 3.63) is 0 Å². The molecule has 0 rings (SSSR count). The number of ether oxygens (including phenoxy) is 1. The van der Waals surface area contributed by atoms with Gasteiger partial charge in [-0.3, -0.25) is 4.79 Å². The van der Waals surface area contributed by atoms with Gasteiger partial charge in [0, 0.05) is 6.42 Å². The second-order valence-corrected chi connectivity index (χ2v) is 3.15. The molecule has 0 aromatic heterocycles. The average molecular weight is 172 g/mol. The van der Waals surface area contributed by atoms with Gasteiger partial charge in [0.2, 0.25) is 0 Å². The minimum atomic E-state index is -0.0824. The summed E-state index contributed by atoms with van der Waals surface area (Å²) in [6.07, 6.45) is 5.14. The van der Waals surface area contributed by atoms with Crippen molar-refractivity contribution >= 4 is 5.97 Å². The van der Waals surface area contributed by atoms with Gasteiger partial charge in [0.25, 0.3) is 0 Å². The highest BCUT2D eigenvalue weighted by atomic mass is 16.5. The van der Waals surface area contributed by atoms with Gasteiger partial charge in [-0.15, -0.1) is 0 Å². The molecular formula is C10H20O2. The van der Waals surface area contributed by atoms with Gasteiger partial charge in [-0.1, -0.05) is 26.7 Å². The Kier molecular flexibility index (Phi) is 6.82. The number of hydrogen-bond acceptors (Lipinski definition) is 2. The van der Waals surface area contributed by atoms with Crippen LogP contribution in [0.2, 0.25) is 0 Å². The molecule has 0 saturated heterocycles. The third-order valence-corrected chi connectivity index (χ3v) is 2.38. The molecule has 0 spiro atoms. The number of carbonyl (C=O) groups excluding carboxylic acids is 1. The molecule has 0 aromatic carbocycles. The molecule has 0 N–H and O–H groups in total. The van der Waals surface area contributed by atoms with Crippen LogP contribution < -0.4 is 0 Å². The first-order valence-corrected chi connectivity index (χ1v) is 4.81. The summed E-state index contributed by atoms with van der Waals surface area (Å²) in [5.74, 6) is 0.704. The van der Waals surface area contributed by atoms with E-state index in [0.717, 1.165) is 18.8 Å². The molecule has 2 nitrogen and oxygen atoms in total. The molecule has 0 aliphatic rings. The summed E-state index contributed by atoms with van der Waals surface area (Å²) in [5, 5.41) is 0. The molecule has 0 atom stereocenters.